The number of aliphatic hydroxyl groups excluding tert-OH is 3. The third-order valence-electron chi connectivity index (χ3n) is 5.59. The number of anilines is 1. The van der Waals surface area contributed by atoms with Crippen LogP contribution in [0.15, 0.2) is 71.7 Å². The van der Waals surface area contributed by atoms with Crippen molar-refractivity contribution in [2.45, 2.75) is 51.4 Å². The zero-order valence-corrected chi connectivity index (χ0v) is 20.8. The fourth-order valence-corrected chi connectivity index (χ4v) is 3.68. The summed E-state index contributed by atoms with van der Waals surface area (Å²) >= 11 is 0. The van der Waals surface area contributed by atoms with E-state index in [1.165, 1.54) is 13.2 Å². The Labute approximate surface area is 210 Å². The maximum absolute atomic E-state index is 13.0. The number of hydrogen-bond donors (Lipinski definition) is 5. The number of allylic oxidation sites excluding steroid dienone is 1. The van der Waals surface area contributed by atoms with Crippen molar-refractivity contribution in [2.75, 3.05) is 12.4 Å². The molecule has 0 saturated carbocycles. The van der Waals surface area contributed by atoms with E-state index in [4.69, 9.17) is 4.74 Å². The number of aliphatic imine (C=N–C) groups is 1. The molecule has 2 aromatic rings. The molecule has 0 radical (unpaired) electrons. The van der Waals surface area contributed by atoms with Crippen LogP contribution in [0.3, 0.4) is 0 Å². The average molecular weight is 496 g/mol. The van der Waals surface area contributed by atoms with Crippen molar-refractivity contribution in [3.63, 3.8) is 0 Å². The predicted molar refractivity (Wildman–Crippen MR) is 136 cm³/mol. The van der Waals surface area contributed by atoms with Gasteiger partial charge in [0.25, 0.3) is 11.8 Å². The van der Waals surface area contributed by atoms with Gasteiger partial charge in [0.1, 0.15) is 18.3 Å². The summed E-state index contributed by atoms with van der Waals surface area (Å²) in [6.07, 6.45) is -4.82. The average Bonchev–Trinajstić information content (AvgIpc) is 2.98. The molecule has 0 aromatic heterocycles. The van der Waals surface area contributed by atoms with Gasteiger partial charge in [-0.3, -0.25) is 9.59 Å². The Bertz CT molecular complexity index is 1130. The van der Waals surface area contributed by atoms with Crippen LogP contribution in [-0.2, 0) is 14.3 Å². The first-order chi connectivity index (χ1) is 17.0. The molecule has 1 heterocycles. The van der Waals surface area contributed by atoms with E-state index in [-0.39, 0.29) is 5.41 Å². The van der Waals surface area contributed by atoms with Crippen LogP contribution >= 0.6 is 0 Å². The van der Waals surface area contributed by atoms with E-state index < -0.39 is 42.4 Å². The lowest BCUT2D eigenvalue weighted by atomic mass is 9.94. The summed E-state index contributed by atoms with van der Waals surface area (Å²) in [5.41, 5.74) is 2.19. The normalized spacial score (nSPS) is 19.4. The molecule has 0 saturated heterocycles. The number of methoxy groups -OCH3 is 1. The molecular formula is C27H33N3O6. The Balaban J connectivity index is 1.85. The summed E-state index contributed by atoms with van der Waals surface area (Å²) in [6.45, 7) is 5.72. The molecule has 1 aliphatic rings. The van der Waals surface area contributed by atoms with Crippen molar-refractivity contribution in [1.29, 1.82) is 0 Å². The fourth-order valence-electron chi connectivity index (χ4n) is 3.68. The molecule has 2 aromatic carbocycles. The molecule has 36 heavy (non-hydrogen) atoms. The SMILES string of the molecule is CO[C@@H](C(=O)NC1N=C(c2ccccc2)c2ccccc2NC1=O)[C@H](O)[C@@H](O)[C@H](O)/C=C/C(C)(C)C. The maximum Gasteiger partial charge on any atom is 0.269 e. The molecule has 5 atom stereocenters. The molecule has 5 N–H and O–H groups in total. The predicted octanol–water partition coefficient (Wildman–Crippen LogP) is 1.62. The van der Waals surface area contributed by atoms with Crippen LogP contribution in [0.4, 0.5) is 5.69 Å². The number of ether oxygens (including phenoxy) is 1. The quantitative estimate of drug-likeness (QED) is 0.353. The monoisotopic (exact) mass is 495 g/mol. The lowest BCUT2D eigenvalue weighted by molar-refractivity contribution is -0.150. The number of para-hydroxylation sites is 1. The van der Waals surface area contributed by atoms with E-state index in [0.29, 0.717) is 17.0 Å². The smallest absolute Gasteiger partial charge is 0.269 e. The third-order valence-corrected chi connectivity index (χ3v) is 5.59. The van der Waals surface area contributed by atoms with Crippen LogP contribution in [0.5, 0.6) is 0 Å². The summed E-state index contributed by atoms with van der Waals surface area (Å²) in [5.74, 6) is -1.46. The second kappa shape index (κ2) is 11.6. The van der Waals surface area contributed by atoms with Gasteiger partial charge in [0, 0.05) is 18.2 Å². The lowest BCUT2D eigenvalue weighted by Crippen LogP contribution is -2.54. The Morgan fingerprint density at radius 2 is 1.69 bits per heavy atom. The van der Waals surface area contributed by atoms with Gasteiger partial charge in [-0.05, 0) is 11.5 Å². The second-order valence-corrected chi connectivity index (χ2v) is 9.64. The van der Waals surface area contributed by atoms with Gasteiger partial charge in [0.2, 0.25) is 6.17 Å². The van der Waals surface area contributed by atoms with Gasteiger partial charge < -0.3 is 30.7 Å². The number of rotatable bonds is 8. The van der Waals surface area contributed by atoms with E-state index in [0.717, 1.165) is 5.56 Å². The zero-order valence-electron chi connectivity index (χ0n) is 20.8. The number of amides is 2. The second-order valence-electron chi connectivity index (χ2n) is 9.64. The molecule has 0 aliphatic carbocycles. The Kier molecular flexibility index (Phi) is 8.75. The molecule has 9 heteroatoms. The topological polar surface area (TPSA) is 140 Å². The highest BCUT2D eigenvalue weighted by Crippen LogP contribution is 2.24. The number of carbonyl (C=O) groups excluding carboxylic acids is 2. The molecule has 192 valence electrons. The van der Waals surface area contributed by atoms with Crippen LogP contribution in [0, 0.1) is 5.41 Å². The largest absolute Gasteiger partial charge is 0.387 e. The molecular weight excluding hydrogens is 462 g/mol. The van der Waals surface area contributed by atoms with Gasteiger partial charge in [0.05, 0.1) is 11.4 Å². The highest BCUT2D eigenvalue weighted by Gasteiger charge is 2.37. The lowest BCUT2D eigenvalue weighted by Gasteiger charge is -2.28. The van der Waals surface area contributed by atoms with E-state index in [2.05, 4.69) is 15.6 Å². The summed E-state index contributed by atoms with van der Waals surface area (Å²) in [7, 11) is 1.18. The number of carbonyl (C=O) groups is 2. The van der Waals surface area contributed by atoms with Crippen LogP contribution < -0.4 is 10.6 Å². The van der Waals surface area contributed by atoms with Crippen molar-refractivity contribution in [2.24, 2.45) is 10.4 Å². The van der Waals surface area contributed by atoms with Gasteiger partial charge in [-0.1, -0.05) is 81.5 Å². The van der Waals surface area contributed by atoms with Crippen LogP contribution in [0.25, 0.3) is 0 Å². The molecule has 3 rings (SSSR count). The summed E-state index contributed by atoms with van der Waals surface area (Å²) in [6, 6.07) is 16.4. The number of nitrogens with one attached hydrogen (secondary N) is 2. The Morgan fingerprint density at radius 1 is 1.06 bits per heavy atom. The number of benzene rings is 2. The molecule has 1 unspecified atom stereocenters. The highest BCUT2D eigenvalue weighted by molar-refractivity contribution is 6.19. The molecule has 9 nitrogen and oxygen atoms in total. The first kappa shape index (κ1) is 27.2. The Morgan fingerprint density at radius 3 is 2.33 bits per heavy atom. The van der Waals surface area contributed by atoms with Gasteiger partial charge >= 0.3 is 0 Å². The standard InChI is InChI=1S/C27H33N3O6/c1-27(2,3)15-14-19(31)21(32)22(33)23(36-4)25(34)30-24-26(35)28-18-13-9-8-12-17(18)20(29-24)16-10-6-5-7-11-16/h5-15,19,21-24,31-33H,1-4H3,(H,28,35)(H,30,34)/b15-14+/t19-,21+,22-,23-,24?/m1/s1. The van der Waals surface area contributed by atoms with Crippen molar-refractivity contribution in [3.8, 4) is 0 Å². The highest BCUT2D eigenvalue weighted by atomic mass is 16.5. The van der Waals surface area contributed by atoms with Gasteiger partial charge in [0.15, 0.2) is 6.10 Å². The number of nitrogens with zero attached hydrogens (tertiary/aromatic N) is 1. The first-order valence-corrected chi connectivity index (χ1v) is 11.6. The van der Waals surface area contributed by atoms with E-state index >= 15 is 0 Å². The minimum Gasteiger partial charge on any atom is -0.387 e. The van der Waals surface area contributed by atoms with Crippen molar-refractivity contribution in [1.82, 2.24) is 5.32 Å². The number of aliphatic hydroxyl groups is 3. The van der Waals surface area contributed by atoms with Crippen molar-refractivity contribution in [3.05, 3.63) is 77.9 Å². The summed E-state index contributed by atoms with van der Waals surface area (Å²) < 4.78 is 5.13. The molecule has 2 amide bonds. The third kappa shape index (κ3) is 6.64. The minimum absolute atomic E-state index is 0.261. The van der Waals surface area contributed by atoms with Crippen LogP contribution in [0.2, 0.25) is 0 Å². The maximum atomic E-state index is 13.0. The molecule has 1 aliphatic heterocycles. The van der Waals surface area contributed by atoms with Gasteiger partial charge in [-0.25, -0.2) is 4.99 Å². The Hall–Kier alpha value is -3.37. The van der Waals surface area contributed by atoms with E-state index in [9.17, 15) is 24.9 Å². The van der Waals surface area contributed by atoms with Crippen LogP contribution in [0.1, 0.15) is 31.9 Å². The minimum atomic E-state index is -1.78. The van der Waals surface area contributed by atoms with Crippen molar-refractivity contribution < 1.29 is 29.6 Å². The summed E-state index contributed by atoms with van der Waals surface area (Å²) in [4.78, 5) is 30.5. The molecule has 0 fully saturated rings. The van der Waals surface area contributed by atoms with E-state index in [1.807, 2.05) is 63.2 Å². The van der Waals surface area contributed by atoms with Crippen molar-refractivity contribution >= 4 is 23.2 Å². The summed E-state index contributed by atoms with van der Waals surface area (Å²) in [5, 5.41) is 36.6. The zero-order chi connectivity index (χ0) is 26.5. The first-order valence-electron chi connectivity index (χ1n) is 11.6. The molecule has 0 bridgehead atoms. The number of fused-ring (bicyclic) bond motifs is 1. The molecule has 0 spiro atoms. The van der Waals surface area contributed by atoms with Gasteiger partial charge in [-0.15, -0.1) is 0 Å². The number of benzodiazepines with no additional fused rings is 1. The van der Waals surface area contributed by atoms with Gasteiger partial charge in [-0.2, -0.15) is 0 Å². The fraction of sp³-hybridized carbons (Fsp3) is 0.370. The number of hydrogen-bond acceptors (Lipinski definition) is 7. The van der Waals surface area contributed by atoms with E-state index in [1.54, 1.807) is 18.2 Å². The van der Waals surface area contributed by atoms with Crippen LogP contribution in [-0.4, -0.2) is 70.5 Å².